The largest absolute Gasteiger partial charge is 0.420 e. The number of nitrogens with zero attached hydrogens (tertiary/aromatic N) is 5. The van der Waals surface area contributed by atoms with E-state index in [0.29, 0.717) is 34.7 Å². The van der Waals surface area contributed by atoms with E-state index < -0.39 is 10.0 Å². The Balaban J connectivity index is 1.76. The first-order valence-corrected chi connectivity index (χ1v) is 13.7. The summed E-state index contributed by atoms with van der Waals surface area (Å²) in [6.45, 7) is 9.19. The number of nitrogens with one attached hydrogen (secondary N) is 2. The van der Waals surface area contributed by atoms with Crippen LogP contribution in [0.4, 0.5) is 5.82 Å². The molecule has 0 unspecified atom stereocenters. The molecule has 0 radical (unpaired) electrons. The molecule has 0 spiro atoms. The fourth-order valence-corrected chi connectivity index (χ4v) is 5.52. The number of piperidine rings is 1. The van der Waals surface area contributed by atoms with Crippen molar-refractivity contribution < 1.29 is 13.2 Å². The lowest BCUT2D eigenvalue weighted by molar-refractivity contribution is 0.335. The van der Waals surface area contributed by atoms with Gasteiger partial charge in [0.25, 0.3) is 5.56 Å². The SMILES string of the molecule is CCCS(=O)(=O)Nc1cc(-c2cc(C)c(=O)n(C)c2)nc(Oc2c(C)nn(C3CCNCC3)c2C)n1. The van der Waals surface area contributed by atoms with Crippen molar-refractivity contribution in [1.82, 2.24) is 29.6 Å². The Bertz CT molecular complexity index is 1400. The van der Waals surface area contributed by atoms with Gasteiger partial charge in [-0.15, -0.1) is 0 Å². The lowest BCUT2D eigenvalue weighted by atomic mass is 10.1. The van der Waals surface area contributed by atoms with E-state index in [4.69, 9.17) is 9.84 Å². The topological polar surface area (TPSA) is 133 Å². The Morgan fingerprint density at radius 3 is 2.56 bits per heavy atom. The predicted molar refractivity (Wildman–Crippen MR) is 138 cm³/mol. The molecule has 2 N–H and O–H groups in total. The quantitative estimate of drug-likeness (QED) is 0.468. The summed E-state index contributed by atoms with van der Waals surface area (Å²) in [5, 5.41) is 8.07. The third kappa shape index (κ3) is 5.59. The smallest absolute Gasteiger partial charge is 0.324 e. The first-order valence-electron chi connectivity index (χ1n) is 12.1. The zero-order chi connectivity index (χ0) is 26.0. The molecule has 4 rings (SSSR count). The van der Waals surface area contributed by atoms with Gasteiger partial charge in [0.1, 0.15) is 11.5 Å². The van der Waals surface area contributed by atoms with E-state index in [-0.39, 0.29) is 29.2 Å². The van der Waals surface area contributed by atoms with Crippen molar-refractivity contribution in [3.63, 3.8) is 0 Å². The number of aromatic nitrogens is 5. The maximum atomic E-state index is 12.5. The maximum Gasteiger partial charge on any atom is 0.324 e. The number of hydrogen-bond donors (Lipinski definition) is 2. The Morgan fingerprint density at radius 1 is 1.17 bits per heavy atom. The monoisotopic (exact) mass is 515 g/mol. The third-order valence-electron chi connectivity index (χ3n) is 6.20. The molecule has 1 aliphatic heterocycles. The summed E-state index contributed by atoms with van der Waals surface area (Å²) in [5.74, 6) is 0.601. The summed E-state index contributed by atoms with van der Waals surface area (Å²) in [6.07, 6.45) is 4.06. The van der Waals surface area contributed by atoms with E-state index in [1.807, 2.05) is 18.5 Å². The van der Waals surface area contributed by atoms with Crippen molar-refractivity contribution in [2.45, 2.75) is 53.0 Å². The Labute approximate surface area is 211 Å². The van der Waals surface area contributed by atoms with Crippen molar-refractivity contribution in [2.24, 2.45) is 7.05 Å². The van der Waals surface area contributed by atoms with Crippen LogP contribution in [0.2, 0.25) is 0 Å². The van der Waals surface area contributed by atoms with Gasteiger partial charge in [0.05, 0.1) is 23.2 Å². The van der Waals surface area contributed by atoms with Crippen molar-refractivity contribution in [3.05, 3.63) is 45.6 Å². The van der Waals surface area contributed by atoms with Crippen LogP contribution in [0.5, 0.6) is 11.8 Å². The molecule has 12 heteroatoms. The average Bonchev–Trinajstić information content (AvgIpc) is 3.10. The molecular weight excluding hydrogens is 482 g/mol. The summed E-state index contributed by atoms with van der Waals surface area (Å²) in [7, 11) is -1.94. The summed E-state index contributed by atoms with van der Waals surface area (Å²) in [6, 6.07) is 3.52. The van der Waals surface area contributed by atoms with Gasteiger partial charge in [0.2, 0.25) is 10.0 Å². The first kappa shape index (κ1) is 25.8. The molecule has 1 fully saturated rings. The number of aryl methyl sites for hydroxylation is 3. The van der Waals surface area contributed by atoms with Crippen LogP contribution >= 0.6 is 0 Å². The maximum absolute atomic E-state index is 12.5. The molecule has 0 saturated carbocycles. The minimum atomic E-state index is -3.60. The second kappa shape index (κ2) is 10.4. The molecular formula is C24H33N7O4S. The van der Waals surface area contributed by atoms with Gasteiger partial charge in [0, 0.05) is 30.4 Å². The van der Waals surface area contributed by atoms with Crippen LogP contribution in [0.15, 0.2) is 23.1 Å². The van der Waals surface area contributed by atoms with Gasteiger partial charge in [-0.1, -0.05) is 6.92 Å². The summed E-state index contributed by atoms with van der Waals surface area (Å²) in [5.41, 5.74) is 3.04. The number of pyridine rings is 1. The zero-order valence-electron chi connectivity index (χ0n) is 21.3. The molecule has 0 aromatic carbocycles. The van der Waals surface area contributed by atoms with E-state index in [0.717, 1.165) is 31.6 Å². The minimum absolute atomic E-state index is 0.00994. The van der Waals surface area contributed by atoms with Gasteiger partial charge in [-0.05, 0) is 59.2 Å². The second-order valence-corrected chi connectivity index (χ2v) is 11.0. The van der Waals surface area contributed by atoms with E-state index in [2.05, 4.69) is 20.0 Å². The standard InChI is InChI=1S/C24H33N7O4S/c1-6-11-36(33,34)29-21-13-20(18-12-15(2)23(32)30(5)14-18)26-24(27-21)35-22-16(3)28-31(17(22)4)19-7-9-25-10-8-19/h12-14,19,25H,6-11H2,1-5H3,(H,26,27,29). The van der Waals surface area contributed by atoms with Crippen molar-refractivity contribution in [1.29, 1.82) is 0 Å². The highest BCUT2D eigenvalue weighted by Gasteiger charge is 2.23. The molecule has 0 atom stereocenters. The normalized spacial score (nSPS) is 14.7. The zero-order valence-corrected chi connectivity index (χ0v) is 22.1. The highest BCUT2D eigenvalue weighted by atomic mass is 32.2. The van der Waals surface area contributed by atoms with Crippen molar-refractivity contribution in [2.75, 3.05) is 23.6 Å². The number of sulfonamides is 1. The highest BCUT2D eigenvalue weighted by Crippen LogP contribution is 2.32. The van der Waals surface area contributed by atoms with E-state index in [9.17, 15) is 13.2 Å². The lowest BCUT2D eigenvalue weighted by Gasteiger charge is -2.24. The number of hydrogen-bond acceptors (Lipinski definition) is 8. The van der Waals surface area contributed by atoms with Crippen LogP contribution < -0.4 is 20.3 Å². The van der Waals surface area contributed by atoms with Gasteiger partial charge in [-0.3, -0.25) is 14.2 Å². The van der Waals surface area contributed by atoms with Gasteiger partial charge < -0.3 is 14.6 Å². The van der Waals surface area contributed by atoms with Crippen molar-refractivity contribution >= 4 is 15.8 Å². The fraction of sp³-hybridized carbons (Fsp3) is 0.500. The number of ether oxygens (including phenoxy) is 1. The Morgan fingerprint density at radius 2 is 1.89 bits per heavy atom. The lowest BCUT2D eigenvalue weighted by Crippen LogP contribution is -2.30. The van der Waals surface area contributed by atoms with Gasteiger partial charge >= 0.3 is 6.01 Å². The molecule has 3 aromatic heterocycles. The summed E-state index contributed by atoms with van der Waals surface area (Å²) < 4.78 is 37.1. The van der Waals surface area contributed by atoms with Crippen LogP contribution in [0, 0.1) is 20.8 Å². The molecule has 11 nitrogen and oxygen atoms in total. The van der Waals surface area contributed by atoms with E-state index in [1.165, 1.54) is 10.6 Å². The molecule has 36 heavy (non-hydrogen) atoms. The van der Waals surface area contributed by atoms with Gasteiger partial charge in [-0.25, -0.2) is 8.42 Å². The first-order chi connectivity index (χ1) is 17.1. The Hall–Kier alpha value is -3.25. The molecule has 0 bridgehead atoms. The molecule has 0 amide bonds. The number of anilines is 1. The van der Waals surface area contributed by atoms with Crippen LogP contribution in [0.25, 0.3) is 11.3 Å². The predicted octanol–water partition coefficient (Wildman–Crippen LogP) is 2.83. The van der Waals surface area contributed by atoms with E-state index in [1.54, 1.807) is 33.2 Å². The molecule has 1 saturated heterocycles. The van der Waals surface area contributed by atoms with Crippen LogP contribution in [0.3, 0.4) is 0 Å². The Kier molecular flexibility index (Phi) is 7.46. The second-order valence-electron chi connectivity index (χ2n) is 9.20. The molecule has 4 heterocycles. The molecule has 1 aliphatic rings. The van der Waals surface area contributed by atoms with E-state index >= 15 is 0 Å². The highest BCUT2D eigenvalue weighted by molar-refractivity contribution is 7.92. The molecule has 0 aliphatic carbocycles. The van der Waals surface area contributed by atoms with Gasteiger partial charge in [0.15, 0.2) is 5.75 Å². The summed E-state index contributed by atoms with van der Waals surface area (Å²) >= 11 is 0. The average molecular weight is 516 g/mol. The van der Waals surface area contributed by atoms with Gasteiger partial charge in [-0.2, -0.15) is 15.1 Å². The third-order valence-corrected chi connectivity index (χ3v) is 7.67. The molecule has 3 aromatic rings. The van der Waals surface area contributed by atoms with Crippen LogP contribution in [-0.4, -0.2) is 51.6 Å². The van der Waals surface area contributed by atoms with Crippen LogP contribution in [-0.2, 0) is 17.1 Å². The van der Waals surface area contributed by atoms with Crippen LogP contribution in [0.1, 0.15) is 49.2 Å². The molecule has 194 valence electrons. The summed E-state index contributed by atoms with van der Waals surface area (Å²) in [4.78, 5) is 21.1. The van der Waals surface area contributed by atoms with Crippen molar-refractivity contribution in [3.8, 4) is 23.0 Å². The fourth-order valence-electron chi connectivity index (χ4n) is 4.46. The minimum Gasteiger partial charge on any atom is -0.420 e. The number of rotatable bonds is 8.